The molecule has 0 atom stereocenters. The summed E-state index contributed by atoms with van der Waals surface area (Å²) in [5, 5.41) is 0. The van der Waals surface area contributed by atoms with Crippen LogP contribution in [0.3, 0.4) is 0 Å². The van der Waals surface area contributed by atoms with E-state index in [0.717, 1.165) is 12.1 Å². The molecule has 0 aliphatic heterocycles. The minimum atomic E-state index is -4.52. The number of hydrogen-bond donors (Lipinski definition) is 0. The highest BCUT2D eigenvalue weighted by molar-refractivity contribution is 5.91. The van der Waals surface area contributed by atoms with Crippen LogP contribution in [0, 0.1) is 0 Å². The van der Waals surface area contributed by atoms with Gasteiger partial charge in [-0.25, -0.2) is 4.79 Å². The van der Waals surface area contributed by atoms with E-state index in [2.05, 4.69) is 4.98 Å². The molecule has 2 aromatic rings. The number of esters is 1. The molecule has 0 saturated heterocycles. The fourth-order valence-electron chi connectivity index (χ4n) is 1.89. The van der Waals surface area contributed by atoms with Crippen molar-refractivity contribution in [2.45, 2.75) is 13.1 Å². The number of carbonyl (C=O) groups excluding carboxylic acids is 1. The Bertz CT molecular complexity index is 639. The van der Waals surface area contributed by atoms with E-state index in [4.69, 9.17) is 4.74 Å². The maximum absolute atomic E-state index is 13.1. The predicted molar refractivity (Wildman–Crippen MR) is 70.6 cm³/mol. The molecule has 1 heterocycles. The van der Waals surface area contributed by atoms with E-state index in [9.17, 15) is 18.0 Å². The highest BCUT2D eigenvalue weighted by atomic mass is 19.4. The SMILES string of the molecule is CCOC(=O)c1ccc(C(F)(F)F)c(-c2cccnc2)c1. The molecule has 0 saturated carbocycles. The van der Waals surface area contributed by atoms with Crippen molar-refractivity contribution in [1.29, 1.82) is 0 Å². The lowest BCUT2D eigenvalue weighted by molar-refractivity contribution is -0.137. The Morgan fingerprint density at radius 3 is 2.62 bits per heavy atom. The Labute approximate surface area is 119 Å². The third kappa shape index (κ3) is 3.39. The minimum absolute atomic E-state index is 0.0729. The zero-order valence-corrected chi connectivity index (χ0v) is 11.1. The second kappa shape index (κ2) is 5.95. The first-order valence-corrected chi connectivity index (χ1v) is 6.22. The van der Waals surface area contributed by atoms with E-state index in [1.165, 1.54) is 30.6 Å². The summed E-state index contributed by atoms with van der Waals surface area (Å²) in [7, 11) is 0. The van der Waals surface area contributed by atoms with E-state index >= 15 is 0 Å². The summed E-state index contributed by atoms with van der Waals surface area (Å²) in [6, 6.07) is 6.21. The van der Waals surface area contributed by atoms with Crippen LogP contribution in [0.5, 0.6) is 0 Å². The van der Waals surface area contributed by atoms with E-state index in [1.54, 1.807) is 6.92 Å². The average Bonchev–Trinajstić information content (AvgIpc) is 2.47. The molecule has 6 heteroatoms. The summed E-state index contributed by atoms with van der Waals surface area (Å²) in [4.78, 5) is 15.5. The van der Waals surface area contributed by atoms with Crippen molar-refractivity contribution in [2.75, 3.05) is 6.61 Å². The van der Waals surface area contributed by atoms with Crippen LogP contribution in [0.25, 0.3) is 11.1 Å². The zero-order valence-electron chi connectivity index (χ0n) is 11.1. The van der Waals surface area contributed by atoms with Gasteiger partial charge in [0.05, 0.1) is 17.7 Å². The number of carbonyl (C=O) groups is 1. The first kappa shape index (κ1) is 15.0. The molecular formula is C15H12F3NO2. The quantitative estimate of drug-likeness (QED) is 0.805. The van der Waals surface area contributed by atoms with Gasteiger partial charge in [0.25, 0.3) is 0 Å². The molecule has 0 aliphatic rings. The van der Waals surface area contributed by atoms with Crippen molar-refractivity contribution in [1.82, 2.24) is 4.98 Å². The van der Waals surface area contributed by atoms with Gasteiger partial charge in [-0.15, -0.1) is 0 Å². The normalized spacial score (nSPS) is 11.2. The number of benzene rings is 1. The molecule has 0 amide bonds. The highest BCUT2D eigenvalue weighted by Gasteiger charge is 2.34. The molecule has 0 radical (unpaired) electrons. The van der Waals surface area contributed by atoms with Crippen molar-refractivity contribution in [2.24, 2.45) is 0 Å². The van der Waals surface area contributed by atoms with Gasteiger partial charge in [-0.05, 0) is 36.8 Å². The average molecular weight is 295 g/mol. The van der Waals surface area contributed by atoms with E-state index in [-0.39, 0.29) is 23.3 Å². The molecule has 1 aromatic carbocycles. The van der Waals surface area contributed by atoms with Crippen LogP contribution in [0.2, 0.25) is 0 Å². The van der Waals surface area contributed by atoms with Crippen molar-refractivity contribution in [3.63, 3.8) is 0 Å². The smallest absolute Gasteiger partial charge is 0.417 e. The van der Waals surface area contributed by atoms with Gasteiger partial charge < -0.3 is 4.74 Å². The Balaban J connectivity index is 2.57. The van der Waals surface area contributed by atoms with E-state index in [0.29, 0.717) is 0 Å². The molecule has 21 heavy (non-hydrogen) atoms. The van der Waals surface area contributed by atoms with Crippen LogP contribution < -0.4 is 0 Å². The van der Waals surface area contributed by atoms with Crippen LogP contribution in [-0.4, -0.2) is 17.6 Å². The molecule has 3 nitrogen and oxygen atoms in total. The number of alkyl halides is 3. The lowest BCUT2D eigenvalue weighted by Gasteiger charge is -2.14. The zero-order chi connectivity index (χ0) is 15.5. The molecule has 0 spiro atoms. The Morgan fingerprint density at radius 1 is 1.29 bits per heavy atom. The van der Waals surface area contributed by atoms with Crippen LogP contribution in [0.1, 0.15) is 22.8 Å². The maximum Gasteiger partial charge on any atom is 0.417 e. The standard InChI is InChI=1S/C15H12F3NO2/c1-2-21-14(20)10-5-6-13(15(16,17)18)12(8-10)11-4-3-7-19-9-11/h3-9H,2H2,1H3. The molecular weight excluding hydrogens is 283 g/mol. The summed E-state index contributed by atoms with van der Waals surface area (Å²) in [5.74, 6) is -0.656. The largest absolute Gasteiger partial charge is 0.462 e. The predicted octanol–water partition coefficient (Wildman–Crippen LogP) is 3.94. The third-order valence-corrected chi connectivity index (χ3v) is 2.81. The molecule has 0 bridgehead atoms. The summed E-state index contributed by atoms with van der Waals surface area (Å²) >= 11 is 0. The van der Waals surface area contributed by atoms with Crippen molar-refractivity contribution in [3.8, 4) is 11.1 Å². The lowest BCUT2D eigenvalue weighted by Crippen LogP contribution is -2.10. The molecule has 0 fully saturated rings. The number of halogens is 3. The lowest BCUT2D eigenvalue weighted by atomic mass is 9.98. The second-order valence-corrected chi connectivity index (χ2v) is 4.22. The Morgan fingerprint density at radius 2 is 2.05 bits per heavy atom. The van der Waals surface area contributed by atoms with Gasteiger partial charge in [0.15, 0.2) is 0 Å². The number of ether oxygens (including phenoxy) is 1. The molecule has 0 N–H and O–H groups in total. The maximum atomic E-state index is 13.1. The first-order chi connectivity index (χ1) is 9.93. The van der Waals surface area contributed by atoms with Gasteiger partial charge >= 0.3 is 12.1 Å². The van der Waals surface area contributed by atoms with Gasteiger partial charge in [-0.1, -0.05) is 6.07 Å². The van der Waals surface area contributed by atoms with Crippen LogP contribution in [0.4, 0.5) is 13.2 Å². The van der Waals surface area contributed by atoms with Crippen LogP contribution in [0.15, 0.2) is 42.7 Å². The third-order valence-electron chi connectivity index (χ3n) is 2.81. The summed E-state index contributed by atoms with van der Waals surface area (Å²) in [5.41, 5.74) is -0.552. The van der Waals surface area contributed by atoms with Gasteiger partial charge in [0.1, 0.15) is 0 Å². The van der Waals surface area contributed by atoms with Crippen molar-refractivity contribution < 1.29 is 22.7 Å². The molecule has 0 aliphatic carbocycles. The summed E-state index contributed by atoms with van der Waals surface area (Å²) < 4.78 is 44.0. The van der Waals surface area contributed by atoms with Gasteiger partial charge in [0, 0.05) is 18.0 Å². The summed E-state index contributed by atoms with van der Waals surface area (Å²) in [6.45, 7) is 1.78. The number of rotatable bonds is 3. The number of pyridine rings is 1. The van der Waals surface area contributed by atoms with Crippen molar-refractivity contribution >= 4 is 5.97 Å². The van der Waals surface area contributed by atoms with Crippen LogP contribution >= 0.6 is 0 Å². The van der Waals surface area contributed by atoms with Gasteiger partial charge in [0.2, 0.25) is 0 Å². The second-order valence-electron chi connectivity index (χ2n) is 4.22. The monoisotopic (exact) mass is 295 g/mol. The van der Waals surface area contributed by atoms with E-state index in [1.807, 2.05) is 0 Å². The van der Waals surface area contributed by atoms with Crippen LogP contribution in [-0.2, 0) is 10.9 Å². The van der Waals surface area contributed by atoms with Gasteiger partial charge in [-0.3, -0.25) is 4.98 Å². The number of hydrogen-bond acceptors (Lipinski definition) is 3. The number of nitrogens with zero attached hydrogens (tertiary/aromatic N) is 1. The molecule has 0 unspecified atom stereocenters. The Hall–Kier alpha value is -2.37. The van der Waals surface area contributed by atoms with Crippen molar-refractivity contribution in [3.05, 3.63) is 53.9 Å². The highest BCUT2D eigenvalue weighted by Crippen LogP contribution is 2.37. The molecule has 2 rings (SSSR count). The minimum Gasteiger partial charge on any atom is -0.462 e. The fourth-order valence-corrected chi connectivity index (χ4v) is 1.89. The number of aromatic nitrogens is 1. The molecule has 110 valence electrons. The Kier molecular flexibility index (Phi) is 4.26. The fraction of sp³-hybridized carbons (Fsp3) is 0.200. The molecule has 1 aromatic heterocycles. The first-order valence-electron chi connectivity index (χ1n) is 6.22. The summed E-state index contributed by atoms with van der Waals surface area (Å²) in [6.07, 6.45) is -1.73. The topological polar surface area (TPSA) is 39.2 Å². The van der Waals surface area contributed by atoms with Gasteiger partial charge in [-0.2, -0.15) is 13.2 Å². The van der Waals surface area contributed by atoms with E-state index < -0.39 is 17.7 Å².